The fraction of sp³-hybridized carbons (Fsp3) is 0.143. The summed E-state index contributed by atoms with van der Waals surface area (Å²) in [5.41, 5.74) is 0. The van der Waals surface area contributed by atoms with Crippen LogP contribution < -0.4 is 9.46 Å². The van der Waals surface area contributed by atoms with Gasteiger partial charge in [0, 0.05) is 6.54 Å². The maximum absolute atomic E-state index is 12.7. The molecule has 4 nitrogen and oxygen atoms in total. The summed E-state index contributed by atoms with van der Waals surface area (Å²) in [5.74, 6) is 0.0859. The first-order valence-corrected chi connectivity index (χ1v) is 8.45. The SMILES string of the molecule is O=S(=O)(NCCOc1ccc(F)cc1)c1ccc(Cl)c(Cl)c1. The lowest BCUT2D eigenvalue weighted by molar-refractivity contribution is 0.322. The smallest absolute Gasteiger partial charge is 0.240 e. The largest absolute Gasteiger partial charge is 0.492 e. The molecule has 0 saturated heterocycles. The van der Waals surface area contributed by atoms with Gasteiger partial charge in [-0.2, -0.15) is 0 Å². The number of hydrogen-bond donors (Lipinski definition) is 1. The van der Waals surface area contributed by atoms with E-state index in [4.69, 9.17) is 27.9 Å². The molecule has 0 amide bonds. The second-order valence-electron chi connectivity index (χ2n) is 4.28. The fourth-order valence-corrected chi connectivity index (χ4v) is 3.00. The summed E-state index contributed by atoms with van der Waals surface area (Å²) >= 11 is 11.5. The molecule has 2 rings (SSSR count). The van der Waals surface area contributed by atoms with E-state index in [1.165, 1.54) is 42.5 Å². The van der Waals surface area contributed by atoms with Gasteiger partial charge in [0.15, 0.2) is 0 Å². The third kappa shape index (κ3) is 4.58. The number of halogens is 3. The van der Waals surface area contributed by atoms with Gasteiger partial charge in [-0.1, -0.05) is 23.2 Å². The van der Waals surface area contributed by atoms with Crippen molar-refractivity contribution in [1.29, 1.82) is 0 Å². The molecule has 8 heteroatoms. The fourth-order valence-electron chi connectivity index (χ4n) is 1.60. The third-order valence-electron chi connectivity index (χ3n) is 2.68. The van der Waals surface area contributed by atoms with Crippen molar-refractivity contribution in [3.05, 3.63) is 58.3 Å². The second-order valence-corrected chi connectivity index (χ2v) is 6.86. The molecule has 1 N–H and O–H groups in total. The van der Waals surface area contributed by atoms with E-state index in [-0.39, 0.29) is 33.9 Å². The maximum atomic E-state index is 12.7. The molecule has 2 aromatic carbocycles. The molecule has 0 saturated carbocycles. The molecule has 0 aliphatic carbocycles. The Hall–Kier alpha value is -1.34. The third-order valence-corrected chi connectivity index (χ3v) is 4.88. The number of rotatable bonds is 6. The minimum absolute atomic E-state index is 0.0173. The van der Waals surface area contributed by atoms with Gasteiger partial charge in [0.05, 0.1) is 14.9 Å². The standard InChI is InChI=1S/C14H12Cl2FNO3S/c15-13-6-5-12(9-14(13)16)22(19,20)18-7-8-21-11-3-1-10(17)2-4-11/h1-6,9,18H,7-8H2. The molecule has 0 atom stereocenters. The minimum atomic E-state index is -3.69. The highest BCUT2D eigenvalue weighted by Crippen LogP contribution is 2.24. The van der Waals surface area contributed by atoms with E-state index in [1.807, 2.05) is 0 Å². The van der Waals surface area contributed by atoms with Crippen LogP contribution >= 0.6 is 23.2 Å². The summed E-state index contributed by atoms with van der Waals surface area (Å²) in [5, 5.41) is 0.437. The van der Waals surface area contributed by atoms with E-state index in [0.717, 1.165) is 0 Å². The van der Waals surface area contributed by atoms with Crippen LogP contribution in [0.15, 0.2) is 47.4 Å². The topological polar surface area (TPSA) is 55.4 Å². The molecule has 0 aromatic heterocycles. The number of ether oxygens (including phenoxy) is 1. The molecule has 0 unspecified atom stereocenters. The highest BCUT2D eigenvalue weighted by Gasteiger charge is 2.14. The van der Waals surface area contributed by atoms with E-state index in [2.05, 4.69) is 4.72 Å². The number of hydrogen-bond acceptors (Lipinski definition) is 3. The highest BCUT2D eigenvalue weighted by atomic mass is 35.5. The molecule has 0 heterocycles. The van der Waals surface area contributed by atoms with Gasteiger partial charge in [-0.25, -0.2) is 17.5 Å². The zero-order valence-corrected chi connectivity index (χ0v) is 13.6. The second kappa shape index (κ2) is 7.28. The van der Waals surface area contributed by atoms with Crippen LogP contribution in [0.25, 0.3) is 0 Å². The van der Waals surface area contributed by atoms with Crippen LogP contribution in [0, 0.1) is 5.82 Å². The minimum Gasteiger partial charge on any atom is -0.492 e. The lowest BCUT2D eigenvalue weighted by Crippen LogP contribution is -2.28. The van der Waals surface area contributed by atoms with Gasteiger partial charge in [0.1, 0.15) is 18.2 Å². The summed E-state index contributed by atoms with van der Waals surface area (Å²) in [7, 11) is -3.69. The first-order valence-electron chi connectivity index (χ1n) is 6.21. The quantitative estimate of drug-likeness (QED) is 0.799. The number of nitrogens with one attached hydrogen (secondary N) is 1. The van der Waals surface area contributed by atoms with Crippen LogP contribution in [-0.4, -0.2) is 21.6 Å². The molecule has 22 heavy (non-hydrogen) atoms. The molecule has 118 valence electrons. The Bertz CT molecular complexity index is 751. The van der Waals surface area contributed by atoms with Crippen LogP contribution in [0.5, 0.6) is 5.75 Å². The molecular weight excluding hydrogens is 352 g/mol. The zero-order chi connectivity index (χ0) is 16.2. The van der Waals surface area contributed by atoms with E-state index in [9.17, 15) is 12.8 Å². The van der Waals surface area contributed by atoms with E-state index < -0.39 is 10.0 Å². The molecule has 0 bridgehead atoms. The van der Waals surface area contributed by atoms with Crippen LogP contribution in [0.2, 0.25) is 10.0 Å². The Labute approximate surface area is 137 Å². The van der Waals surface area contributed by atoms with Gasteiger partial charge in [-0.15, -0.1) is 0 Å². The van der Waals surface area contributed by atoms with Gasteiger partial charge >= 0.3 is 0 Å². The van der Waals surface area contributed by atoms with Crippen molar-refractivity contribution in [2.45, 2.75) is 4.90 Å². The average Bonchev–Trinajstić information content (AvgIpc) is 2.48. The van der Waals surface area contributed by atoms with E-state index in [1.54, 1.807) is 0 Å². The van der Waals surface area contributed by atoms with Crippen molar-refractivity contribution in [1.82, 2.24) is 4.72 Å². The van der Waals surface area contributed by atoms with Crippen LogP contribution in [0.4, 0.5) is 4.39 Å². The van der Waals surface area contributed by atoms with Crippen molar-refractivity contribution < 1.29 is 17.5 Å². The predicted octanol–water partition coefficient (Wildman–Crippen LogP) is 3.49. The Morgan fingerprint density at radius 3 is 2.36 bits per heavy atom. The van der Waals surface area contributed by atoms with Gasteiger partial charge in [-0.05, 0) is 42.5 Å². The first-order chi connectivity index (χ1) is 10.4. The molecule has 0 spiro atoms. The zero-order valence-electron chi connectivity index (χ0n) is 11.2. The molecule has 0 fully saturated rings. The Kier molecular flexibility index (Phi) is 5.63. The van der Waals surface area contributed by atoms with Crippen molar-refractivity contribution in [2.75, 3.05) is 13.2 Å². The summed E-state index contributed by atoms with van der Waals surface area (Å²) in [4.78, 5) is 0.0173. The van der Waals surface area contributed by atoms with Gasteiger partial charge in [-0.3, -0.25) is 0 Å². The molecule has 0 radical (unpaired) electrons. The van der Waals surface area contributed by atoms with Crippen LogP contribution in [-0.2, 0) is 10.0 Å². The first kappa shape index (κ1) is 17.0. The average molecular weight is 364 g/mol. The molecule has 2 aromatic rings. The Morgan fingerprint density at radius 1 is 1.05 bits per heavy atom. The maximum Gasteiger partial charge on any atom is 0.240 e. The van der Waals surface area contributed by atoms with Crippen LogP contribution in [0.3, 0.4) is 0 Å². The number of sulfonamides is 1. The van der Waals surface area contributed by atoms with Gasteiger partial charge in [0.25, 0.3) is 0 Å². The van der Waals surface area contributed by atoms with Crippen LogP contribution in [0.1, 0.15) is 0 Å². The lowest BCUT2D eigenvalue weighted by Gasteiger charge is -2.09. The Balaban J connectivity index is 1.89. The summed E-state index contributed by atoms with van der Waals surface area (Å²) in [6.07, 6.45) is 0. The van der Waals surface area contributed by atoms with E-state index in [0.29, 0.717) is 5.75 Å². The lowest BCUT2D eigenvalue weighted by atomic mass is 10.3. The molecule has 0 aliphatic heterocycles. The summed E-state index contributed by atoms with van der Waals surface area (Å²) < 4.78 is 44.4. The van der Waals surface area contributed by atoms with Crippen molar-refractivity contribution in [3.63, 3.8) is 0 Å². The molecular formula is C14H12Cl2FNO3S. The van der Waals surface area contributed by atoms with Crippen molar-refractivity contribution in [3.8, 4) is 5.75 Å². The van der Waals surface area contributed by atoms with E-state index >= 15 is 0 Å². The van der Waals surface area contributed by atoms with Crippen molar-refractivity contribution in [2.24, 2.45) is 0 Å². The van der Waals surface area contributed by atoms with Crippen molar-refractivity contribution >= 4 is 33.2 Å². The predicted molar refractivity (Wildman–Crippen MR) is 83.5 cm³/mol. The highest BCUT2D eigenvalue weighted by molar-refractivity contribution is 7.89. The monoisotopic (exact) mass is 363 g/mol. The normalized spacial score (nSPS) is 11.4. The summed E-state index contributed by atoms with van der Waals surface area (Å²) in [6.45, 7) is 0.159. The molecule has 0 aliphatic rings. The van der Waals surface area contributed by atoms with Gasteiger partial charge < -0.3 is 4.74 Å². The van der Waals surface area contributed by atoms with Gasteiger partial charge in [0.2, 0.25) is 10.0 Å². The number of benzene rings is 2. The summed E-state index contributed by atoms with van der Waals surface area (Å²) in [6, 6.07) is 9.48. The Morgan fingerprint density at radius 2 is 1.73 bits per heavy atom.